The highest BCUT2D eigenvalue weighted by Gasteiger charge is 2.19. The molecule has 1 atom stereocenters. The maximum atomic E-state index is 12.8. The first-order valence-corrected chi connectivity index (χ1v) is 27.9. The fourth-order valence-corrected chi connectivity index (χ4v) is 8.57. The zero-order valence-electron chi connectivity index (χ0n) is 42.3. The largest absolute Gasteiger partial charge is 0.462 e. The number of unbranched alkanes of at least 4 members (excludes halogenated alkanes) is 38. The minimum atomic E-state index is -0.761. The van der Waals surface area contributed by atoms with Crippen molar-refractivity contribution in [1.29, 1.82) is 0 Å². The van der Waals surface area contributed by atoms with Gasteiger partial charge in [-0.15, -0.1) is 0 Å². The Morgan fingerprint density at radius 2 is 0.532 bits per heavy atom. The molecule has 6 heteroatoms. The molecule has 0 rings (SSSR count). The summed E-state index contributed by atoms with van der Waals surface area (Å²) in [4.78, 5) is 38.1. The Morgan fingerprint density at radius 1 is 0.306 bits per heavy atom. The minimum Gasteiger partial charge on any atom is -0.462 e. The quantitative estimate of drug-likeness (QED) is 0.0344. The number of ether oxygens (including phenoxy) is 3. The van der Waals surface area contributed by atoms with Gasteiger partial charge in [-0.05, 0) is 25.2 Å². The minimum absolute atomic E-state index is 0.0621. The van der Waals surface area contributed by atoms with Gasteiger partial charge in [0.05, 0.1) is 0 Å². The van der Waals surface area contributed by atoms with Crippen LogP contribution in [0.2, 0.25) is 0 Å². The number of carbonyl (C=O) groups excluding carboxylic acids is 3. The van der Waals surface area contributed by atoms with Crippen LogP contribution >= 0.6 is 0 Å². The maximum Gasteiger partial charge on any atom is 0.306 e. The summed E-state index contributed by atoms with van der Waals surface area (Å²) < 4.78 is 16.9. The molecule has 0 aromatic heterocycles. The lowest BCUT2D eigenvalue weighted by Crippen LogP contribution is -2.30. The van der Waals surface area contributed by atoms with Crippen molar-refractivity contribution in [2.75, 3.05) is 13.2 Å². The molecule has 0 amide bonds. The highest BCUT2D eigenvalue weighted by Crippen LogP contribution is 2.18. The van der Waals surface area contributed by atoms with Crippen LogP contribution in [-0.4, -0.2) is 37.2 Å². The second-order valence-corrected chi connectivity index (χ2v) is 19.7. The zero-order chi connectivity index (χ0) is 45.2. The van der Waals surface area contributed by atoms with Crippen molar-refractivity contribution in [3.05, 3.63) is 0 Å². The lowest BCUT2D eigenvalue weighted by molar-refractivity contribution is -0.167. The first-order chi connectivity index (χ1) is 30.4. The van der Waals surface area contributed by atoms with Crippen LogP contribution in [0.15, 0.2) is 0 Å². The number of rotatable bonds is 51. The lowest BCUT2D eigenvalue weighted by atomic mass is 10.0. The van der Waals surface area contributed by atoms with Crippen molar-refractivity contribution < 1.29 is 28.6 Å². The number of carbonyl (C=O) groups is 3. The van der Waals surface area contributed by atoms with Gasteiger partial charge in [0.1, 0.15) is 13.2 Å². The van der Waals surface area contributed by atoms with Crippen molar-refractivity contribution in [3.8, 4) is 0 Å². The highest BCUT2D eigenvalue weighted by atomic mass is 16.6. The molecule has 6 nitrogen and oxygen atoms in total. The SMILES string of the molecule is CCCCCCCCCCCCCCCCCCC(=O)OC[C@@H](COC(=O)CCCCCCCCCCCCCCC(C)C)OC(=O)CCCCCCCCCCCCCCC. The Balaban J connectivity index is 4.29. The first-order valence-electron chi connectivity index (χ1n) is 27.9. The molecule has 0 saturated carbocycles. The van der Waals surface area contributed by atoms with Crippen LogP contribution in [0.1, 0.15) is 317 Å². The van der Waals surface area contributed by atoms with Crippen LogP contribution < -0.4 is 0 Å². The average molecular weight is 877 g/mol. The molecule has 0 saturated heterocycles. The second kappa shape index (κ2) is 50.4. The molecule has 0 heterocycles. The van der Waals surface area contributed by atoms with Gasteiger partial charge in [0.15, 0.2) is 6.10 Å². The molecule has 0 radical (unpaired) electrons. The molecule has 0 spiro atoms. The van der Waals surface area contributed by atoms with Crippen molar-refractivity contribution >= 4 is 17.9 Å². The van der Waals surface area contributed by atoms with E-state index in [2.05, 4.69) is 27.7 Å². The average Bonchev–Trinajstić information content (AvgIpc) is 3.26. The van der Waals surface area contributed by atoms with Crippen LogP contribution in [0.3, 0.4) is 0 Å². The van der Waals surface area contributed by atoms with Gasteiger partial charge in [-0.3, -0.25) is 14.4 Å². The standard InChI is InChI=1S/C56H108O6/c1-5-7-9-11-13-15-17-19-20-21-23-27-31-35-39-43-47-54(57)60-50-53(62-56(59)49-45-41-37-33-29-22-18-16-14-12-10-8-6-2)51-61-55(58)48-44-40-36-32-28-25-24-26-30-34-38-42-46-52(3)4/h52-53H,5-51H2,1-4H3/t53-/m0/s1. The molecular weight excluding hydrogens is 769 g/mol. The molecule has 0 bridgehead atoms. The molecule has 0 N–H and O–H groups in total. The van der Waals surface area contributed by atoms with Gasteiger partial charge in [0, 0.05) is 19.3 Å². The molecule has 0 aromatic carbocycles. The molecule has 0 aliphatic heterocycles. The van der Waals surface area contributed by atoms with Crippen molar-refractivity contribution in [1.82, 2.24) is 0 Å². The van der Waals surface area contributed by atoms with Crippen molar-refractivity contribution in [3.63, 3.8) is 0 Å². The van der Waals surface area contributed by atoms with E-state index in [4.69, 9.17) is 14.2 Å². The predicted octanol–water partition coefficient (Wildman–Crippen LogP) is 18.2. The summed E-state index contributed by atoms with van der Waals surface area (Å²) in [5, 5.41) is 0. The Hall–Kier alpha value is -1.59. The molecule has 0 fully saturated rings. The third-order valence-corrected chi connectivity index (χ3v) is 12.8. The number of hydrogen-bond donors (Lipinski definition) is 0. The Bertz CT molecular complexity index is 933. The fourth-order valence-electron chi connectivity index (χ4n) is 8.57. The highest BCUT2D eigenvalue weighted by molar-refractivity contribution is 5.71. The predicted molar refractivity (Wildman–Crippen MR) is 266 cm³/mol. The zero-order valence-corrected chi connectivity index (χ0v) is 42.3. The Morgan fingerprint density at radius 3 is 0.790 bits per heavy atom. The number of esters is 3. The van der Waals surface area contributed by atoms with Gasteiger partial charge in [0.2, 0.25) is 0 Å². The fraction of sp³-hybridized carbons (Fsp3) is 0.946. The maximum absolute atomic E-state index is 12.8. The molecule has 0 aliphatic rings. The van der Waals surface area contributed by atoms with E-state index in [0.717, 1.165) is 63.7 Å². The summed E-state index contributed by atoms with van der Waals surface area (Å²) in [6.45, 7) is 9.05. The van der Waals surface area contributed by atoms with Crippen LogP contribution in [0.5, 0.6) is 0 Å². The van der Waals surface area contributed by atoms with E-state index in [1.807, 2.05) is 0 Å². The molecule has 0 aliphatic carbocycles. The first kappa shape index (κ1) is 60.4. The summed E-state index contributed by atoms with van der Waals surface area (Å²) in [7, 11) is 0. The summed E-state index contributed by atoms with van der Waals surface area (Å²) >= 11 is 0. The van der Waals surface area contributed by atoms with Gasteiger partial charge in [-0.1, -0.05) is 278 Å². The summed E-state index contributed by atoms with van der Waals surface area (Å²) in [6.07, 6.45) is 53.7. The van der Waals surface area contributed by atoms with Gasteiger partial charge in [0.25, 0.3) is 0 Å². The number of hydrogen-bond acceptors (Lipinski definition) is 6. The Kier molecular flexibility index (Phi) is 49.1. The van der Waals surface area contributed by atoms with Crippen LogP contribution in [0, 0.1) is 5.92 Å². The van der Waals surface area contributed by atoms with E-state index in [-0.39, 0.29) is 31.1 Å². The molecule has 0 aromatic rings. The summed E-state index contributed by atoms with van der Waals surface area (Å²) in [5.41, 5.74) is 0. The van der Waals surface area contributed by atoms with E-state index in [1.54, 1.807) is 0 Å². The van der Waals surface area contributed by atoms with E-state index >= 15 is 0 Å². The summed E-state index contributed by atoms with van der Waals surface area (Å²) in [5.74, 6) is -0.00414. The van der Waals surface area contributed by atoms with Crippen molar-refractivity contribution in [2.24, 2.45) is 5.92 Å². The normalized spacial score (nSPS) is 12.0. The van der Waals surface area contributed by atoms with E-state index in [9.17, 15) is 14.4 Å². The van der Waals surface area contributed by atoms with Crippen LogP contribution in [-0.2, 0) is 28.6 Å². The topological polar surface area (TPSA) is 78.9 Å². The third-order valence-electron chi connectivity index (χ3n) is 12.8. The molecular formula is C56H108O6. The third kappa shape index (κ3) is 49.4. The van der Waals surface area contributed by atoms with Gasteiger partial charge >= 0.3 is 17.9 Å². The van der Waals surface area contributed by atoms with Crippen LogP contribution in [0.25, 0.3) is 0 Å². The lowest BCUT2D eigenvalue weighted by Gasteiger charge is -2.18. The second-order valence-electron chi connectivity index (χ2n) is 19.7. The van der Waals surface area contributed by atoms with E-state index < -0.39 is 6.10 Å². The van der Waals surface area contributed by atoms with Gasteiger partial charge < -0.3 is 14.2 Å². The smallest absolute Gasteiger partial charge is 0.306 e. The van der Waals surface area contributed by atoms with Crippen LogP contribution in [0.4, 0.5) is 0 Å². The molecule has 62 heavy (non-hydrogen) atoms. The van der Waals surface area contributed by atoms with E-state index in [0.29, 0.717) is 19.3 Å². The van der Waals surface area contributed by atoms with Crippen molar-refractivity contribution in [2.45, 2.75) is 323 Å². The summed E-state index contributed by atoms with van der Waals surface area (Å²) in [6, 6.07) is 0. The van der Waals surface area contributed by atoms with Gasteiger partial charge in [-0.2, -0.15) is 0 Å². The van der Waals surface area contributed by atoms with Gasteiger partial charge in [-0.25, -0.2) is 0 Å². The molecule has 0 unspecified atom stereocenters. The molecule has 368 valence electrons. The monoisotopic (exact) mass is 877 g/mol. The Labute approximate surface area is 387 Å². The van der Waals surface area contributed by atoms with E-state index in [1.165, 1.54) is 212 Å².